The number of hydrogen-bond acceptors (Lipinski definition) is 5. The van der Waals surface area contributed by atoms with Crippen molar-refractivity contribution in [1.29, 1.82) is 0 Å². The molecule has 2 fully saturated rings. The molecule has 3 N–H and O–H groups in total. The Morgan fingerprint density at radius 3 is 2.35 bits per heavy atom. The largest absolute Gasteiger partial charge is 0.396 e. The Labute approximate surface area is 207 Å². The van der Waals surface area contributed by atoms with Crippen molar-refractivity contribution in [2.75, 3.05) is 34.8 Å². The van der Waals surface area contributed by atoms with E-state index < -0.39 is 21.7 Å². The number of carbonyl (C=O) groups is 1. The molecule has 4 rings (SSSR count). The topological polar surface area (TPSA) is 92.5 Å². The minimum Gasteiger partial charge on any atom is -0.396 e. The monoisotopic (exact) mass is 531 g/mol. The molecule has 1 amide bonds. The van der Waals surface area contributed by atoms with Crippen molar-refractivity contribution in [1.82, 2.24) is 0 Å². The molecule has 2 aliphatic rings. The number of nitrogens with one attached hydrogen (secondary N) is 1. The van der Waals surface area contributed by atoms with Crippen LogP contribution in [0, 0.1) is 5.92 Å². The number of nitrogens with zero attached hydrogens (tertiary/aromatic N) is 1. The molecule has 0 unspecified atom stereocenters. The number of benzene rings is 2. The van der Waals surface area contributed by atoms with Gasteiger partial charge in [-0.15, -0.1) is 0 Å². The van der Waals surface area contributed by atoms with Gasteiger partial charge < -0.3 is 16.0 Å². The second-order valence-corrected chi connectivity index (χ2v) is 11.7. The molecule has 0 aromatic heterocycles. The summed E-state index contributed by atoms with van der Waals surface area (Å²) in [5.41, 5.74) is 7.43. The first-order chi connectivity index (χ1) is 15.9. The lowest BCUT2D eigenvalue weighted by molar-refractivity contribution is -0.115. The second kappa shape index (κ2) is 9.51. The van der Waals surface area contributed by atoms with Crippen LogP contribution in [0.25, 0.3) is 0 Å². The summed E-state index contributed by atoms with van der Waals surface area (Å²) in [5, 5.41) is 2.97. The Balaban J connectivity index is 1.43. The number of alkyl halides is 2. The Kier molecular flexibility index (Phi) is 6.99. The van der Waals surface area contributed by atoms with Crippen molar-refractivity contribution in [2.24, 2.45) is 5.92 Å². The lowest BCUT2D eigenvalue weighted by atomic mass is 10.1. The maximum absolute atomic E-state index is 13.5. The summed E-state index contributed by atoms with van der Waals surface area (Å²) in [4.78, 5) is 14.5. The van der Waals surface area contributed by atoms with Crippen LogP contribution in [0.15, 0.2) is 35.2 Å². The molecule has 1 aliphatic heterocycles. The fourth-order valence-corrected chi connectivity index (χ4v) is 6.35. The first kappa shape index (κ1) is 25.0. The third-order valence-corrected chi connectivity index (χ3v) is 8.69. The van der Waals surface area contributed by atoms with E-state index >= 15 is 0 Å². The maximum atomic E-state index is 13.5. The summed E-state index contributed by atoms with van der Waals surface area (Å²) >= 11 is 12.8. The summed E-state index contributed by atoms with van der Waals surface area (Å²) in [6, 6.07) is 7.70. The van der Waals surface area contributed by atoms with Crippen LogP contribution < -0.4 is 16.0 Å². The molecule has 1 saturated heterocycles. The van der Waals surface area contributed by atoms with E-state index in [1.54, 1.807) is 17.0 Å². The highest BCUT2D eigenvalue weighted by atomic mass is 35.5. The molecular weight excluding hydrogens is 507 g/mol. The van der Waals surface area contributed by atoms with E-state index in [4.69, 9.17) is 28.9 Å². The van der Waals surface area contributed by atoms with Crippen molar-refractivity contribution in [2.45, 2.75) is 42.9 Å². The minimum absolute atomic E-state index is 0.0133. The first-order valence-electron chi connectivity index (χ1n) is 11.0. The zero-order valence-electron chi connectivity index (χ0n) is 18.3. The van der Waals surface area contributed by atoms with Crippen LogP contribution >= 0.6 is 23.2 Å². The van der Waals surface area contributed by atoms with Gasteiger partial charge in [-0.3, -0.25) is 4.79 Å². The molecule has 2 aromatic carbocycles. The van der Waals surface area contributed by atoms with E-state index in [2.05, 4.69) is 5.32 Å². The number of anilines is 3. The quantitative estimate of drug-likeness (QED) is 0.480. The standard InChI is InChI=1S/C23H25Cl2F2N3O3S/c24-17-12-18(21(28)20(25)22(17)30-9-7-23(26,27)8-10-30)29-19(31)11-14-3-5-16(6-4-14)34(32,33)13-15-1-2-15/h3-6,12,15H,1-2,7-11,13,28H2,(H,29,31). The highest BCUT2D eigenvalue weighted by molar-refractivity contribution is 7.91. The van der Waals surface area contributed by atoms with Crippen LogP contribution in [0.4, 0.5) is 25.8 Å². The van der Waals surface area contributed by atoms with Gasteiger partial charge in [-0.25, -0.2) is 17.2 Å². The van der Waals surface area contributed by atoms with Crippen molar-refractivity contribution in [3.8, 4) is 0 Å². The Bertz CT molecular complexity index is 1190. The molecule has 1 heterocycles. The normalized spacial score (nSPS) is 18.1. The van der Waals surface area contributed by atoms with Crippen molar-refractivity contribution in [3.63, 3.8) is 0 Å². The summed E-state index contributed by atoms with van der Waals surface area (Å²) in [6.45, 7) is 0.175. The number of hydrogen-bond donors (Lipinski definition) is 2. The predicted molar refractivity (Wildman–Crippen MR) is 131 cm³/mol. The van der Waals surface area contributed by atoms with Crippen molar-refractivity contribution < 1.29 is 22.0 Å². The second-order valence-electron chi connectivity index (χ2n) is 8.92. The lowest BCUT2D eigenvalue weighted by Crippen LogP contribution is -2.39. The number of nitrogens with two attached hydrogens (primary N) is 1. The van der Waals surface area contributed by atoms with Gasteiger partial charge in [0.25, 0.3) is 5.92 Å². The van der Waals surface area contributed by atoms with Crippen LogP contribution in [-0.2, 0) is 21.1 Å². The number of sulfone groups is 1. The van der Waals surface area contributed by atoms with Gasteiger partial charge in [0.05, 0.1) is 44.2 Å². The molecule has 0 bridgehead atoms. The average Bonchev–Trinajstić information content (AvgIpc) is 3.56. The van der Waals surface area contributed by atoms with E-state index in [9.17, 15) is 22.0 Å². The molecule has 0 spiro atoms. The maximum Gasteiger partial charge on any atom is 0.251 e. The van der Waals surface area contributed by atoms with Gasteiger partial charge in [0.15, 0.2) is 9.84 Å². The summed E-state index contributed by atoms with van der Waals surface area (Å²) < 4.78 is 51.7. The number of carbonyl (C=O) groups excluding carboxylic acids is 1. The van der Waals surface area contributed by atoms with Crippen LogP contribution in [0.1, 0.15) is 31.2 Å². The molecule has 11 heteroatoms. The predicted octanol–water partition coefficient (Wildman–Crippen LogP) is 5.18. The average molecular weight is 532 g/mol. The van der Waals surface area contributed by atoms with Crippen molar-refractivity contribution >= 4 is 56.0 Å². The fourth-order valence-electron chi connectivity index (χ4n) is 3.96. The molecular formula is C23H25Cl2F2N3O3S. The smallest absolute Gasteiger partial charge is 0.251 e. The fraction of sp³-hybridized carbons (Fsp3) is 0.435. The highest BCUT2D eigenvalue weighted by Gasteiger charge is 2.35. The zero-order valence-corrected chi connectivity index (χ0v) is 20.6. The van der Waals surface area contributed by atoms with Crippen LogP contribution in [-0.4, -0.2) is 39.1 Å². The van der Waals surface area contributed by atoms with E-state index in [-0.39, 0.29) is 70.3 Å². The lowest BCUT2D eigenvalue weighted by Gasteiger charge is -2.34. The summed E-state index contributed by atoms with van der Waals surface area (Å²) in [6.07, 6.45) is 1.27. The Morgan fingerprint density at radius 1 is 1.15 bits per heavy atom. The van der Waals surface area contributed by atoms with E-state index in [0.29, 0.717) is 11.3 Å². The summed E-state index contributed by atoms with van der Waals surface area (Å²) in [7, 11) is -3.32. The Hall–Kier alpha value is -2.10. The van der Waals surface area contributed by atoms with Crippen LogP contribution in [0.5, 0.6) is 0 Å². The van der Waals surface area contributed by atoms with Gasteiger partial charge in [0.1, 0.15) is 0 Å². The first-order valence-corrected chi connectivity index (χ1v) is 13.4. The van der Waals surface area contributed by atoms with E-state index in [0.717, 1.165) is 12.8 Å². The van der Waals surface area contributed by atoms with Gasteiger partial charge in [-0.05, 0) is 42.5 Å². The van der Waals surface area contributed by atoms with E-state index in [1.807, 2.05) is 0 Å². The molecule has 1 saturated carbocycles. The minimum atomic E-state index is -3.32. The molecule has 34 heavy (non-hydrogen) atoms. The Morgan fingerprint density at radius 2 is 1.76 bits per heavy atom. The van der Waals surface area contributed by atoms with Gasteiger partial charge in [0, 0.05) is 25.9 Å². The van der Waals surface area contributed by atoms with E-state index in [1.165, 1.54) is 18.2 Å². The number of nitrogen functional groups attached to an aromatic ring is 1. The number of piperidine rings is 1. The number of amides is 1. The van der Waals surface area contributed by atoms with Crippen LogP contribution in [0.3, 0.4) is 0 Å². The molecule has 0 radical (unpaired) electrons. The van der Waals surface area contributed by atoms with Gasteiger partial charge in [-0.2, -0.15) is 0 Å². The van der Waals surface area contributed by atoms with Crippen molar-refractivity contribution in [3.05, 3.63) is 45.9 Å². The molecule has 2 aromatic rings. The summed E-state index contributed by atoms with van der Waals surface area (Å²) in [5.74, 6) is -2.70. The third-order valence-electron chi connectivity index (χ3n) is 6.12. The third kappa shape index (κ3) is 5.75. The van der Waals surface area contributed by atoms with Gasteiger partial charge in [0.2, 0.25) is 5.91 Å². The zero-order chi connectivity index (χ0) is 24.7. The highest BCUT2D eigenvalue weighted by Crippen LogP contribution is 2.44. The number of rotatable bonds is 7. The van der Waals surface area contributed by atoms with Crippen LogP contribution in [0.2, 0.25) is 10.0 Å². The van der Waals surface area contributed by atoms with Gasteiger partial charge >= 0.3 is 0 Å². The molecule has 0 atom stereocenters. The number of halogens is 4. The van der Waals surface area contributed by atoms with Gasteiger partial charge in [-0.1, -0.05) is 35.3 Å². The molecule has 1 aliphatic carbocycles. The molecule has 6 nitrogen and oxygen atoms in total. The molecule has 184 valence electrons. The SMILES string of the molecule is Nc1c(NC(=O)Cc2ccc(S(=O)(=O)CC3CC3)cc2)cc(Cl)c(N2CCC(F)(F)CC2)c1Cl.